The molecule has 2 heteroatoms. The molecular formula is C33H22N2. The molecule has 0 N–H and O–H groups in total. The van der Waals surface area contributed by atoms with Crippen LogP contribution in [0.15, 0.2) is 85.2 Å². The van der Waals surface area contributed by atoms with Crippen LogP contribution in [0.4, 0.5) is 17.1 Å². The first-order valence-electron chi connectivity index (χ1n) is 12.6. The molecule has 4 aromatic carbocycles. The summed E-state index contributed by atoms with van der Waals surface area (Å²) in [5.41, 5.74) is 21.3. The summed E-state index contributed by atoms with van der Waals surface area (Å²) in [5, 5.41) is 0. The molecule has 0 amide bonds. The predicted octanol–water partition coefficient (Wildman–Crippen LogP) is 7.50. The summed E-state index contributed by atoms with van der Waals surface area (Å²) in [4.78, 5) is 7.11. The number of hydrogen-bond donors (Lipinski definition) is 0. The Morgan fingerprint density at radius 2 is 1.23 bits per heavy atom. The summed E-state index contributed by atoms with van der Waals surface area (Å²) in [6.45, 7) is 0. The van der Waals surface area contributed by atoms with Crippen molar-refractivity contribution in [2.24, 2.45) is 0 Å². The number of hydrogen-bond acceptors (Lipinski definition) is 2. The zero-order valence-corrected chi connectivity index (χ0v) is 19.3. The van der Waals surface area contributed by atoms with Gasteiger partial charge in [0.1, 0.15) is 0 Å². The van der Waals surface area contributed by atoms with Gasteiger partial charge in [0.15, 0.2) is 0 Å². The van der Waals surface area contributed by atoms with E-state index in [-0.39, 0.29) is 0 Å². The van der Waals surface area contributed by atoms with Crippen molar-refractivity contribution in [3.05, 3.63) is 130 Å². The van der Waals surface area contributed by atoms with Crippen molar-refractivity contribution < 1.29 is 0 Å². The van der Waals surface area contributed by atoms with E-state index in [1.165, 1.54) is 83.8 Å². The summed E-state index contributed by atoms with van der Waals surface area (Å²) in [5.74, 6) is 0. The molecule has 0 bridgehead atoms. The van der Waals surface area contributed by atoms with Crippen LogP contribution in [0.25, 0.3) is 22.3 Å². The van der Waals surface area contributed by atoms with Crippen molar-refractivity contribution in [1.82, 2.24) is 4.98 Å². The quantitative estimate of drug-likeness (QED) is 0.240. The van der Waals surface area contributed by atoms with Gasteiger partial charge in [-0.2, -0.15) is 0 Å². The minimum absolute atomic E-state index is 0.970. The van der Waals surface area contributed by atoms with Gasteiger partial charge in [-0.25, -0.2) is 0 Å². The highest BCUT2D eigenvalue weighted by Gasteiger charge is 2.37. The molecular weight excluding hydrogens is 424 g/mol. The maximum atomic E-state index is 4.56. The third-order valence-corrected chi connectivity index (χ3v) is 8.61. The number of fused-ring (bicyclic) bond motifs is 11. The fourth-order valence-corrected chi connectivity index (χ4v) is 7.10. The smallest absolute Gasteiger partial charge is 0.0680 e. The fourth-order valence-electron chi connectivity index (χ4n) is 7.10. The molecule has 2 nitrogen and oxygen atoms in total. The van der Waals surface area contributed by atoms with E-state index in [1.807, 2.05) is 6.20 Å². The Labute approximate surface area is 204 Å². The summed E-state index contributed by atoms with van der Waals surface area (Å²) >= 11 is 0. The minimum Gasteiger partial charge on any atom is -0.308 e. The van der Waals surface area contributed by atoms with Crippen LogP contribution >= 0.6 is 0 Å². The zero-order chi connectivity index (χ0) is 22.7. The van der Waals surface area contributed by atoms with Crippen LogP contribution in [0.5, 0.6) is 0 Å². The molecule has 0 saturated heterocycles. The van der Waals surface area contributed by atoms with Crippen LogP contribution in [0.2, 0.25) is 0 Å². The first-order valence-corrected chi connectivity index (χ1v) is 12.6. The minimum atomic E-state index is 0.970. The second-order valence-electron chi connectivity index (χ2n) is 10.4. The second-order valence-corrected chi connectivity index (χ2v) is 10.4. The number of rotatable bonds is 0. The number of pyridine rings is 1. The Morgan fingerprint density at radius 1 is 0.514 bits per heavy atom. The second kappa shape index (κ2) is 6.28. The van der Waals surface area contributed by atoms with E-state index in [0.717, 1.165) is 25.7 Å². The molecule has 0 radical (unpaired) electrons. The first kappa shape index (κ1) is 18.2. The lowest BCUT2D eigenvalue weighted by Crippen LogP contribution is -2.26. The predicted molar refractivity (Wildman–Crippen MR) is 141 cm³/mol. The van der Waals surface area contributed by atoms with E-state index in [2.05, 4.69) is 88.9 Å². The first-order chi connectivity index (χ1) is 17.3. The monoisotopic (exact) mass is 446 g/mol. The number of benzene rings is 4. The van der Waals surface area contributed by atoms with E-state index in [4.69, 9.17) is 0 Å². The lowest BCUT2D eigenvalue weighted by molar-refractivity contribution is 0.984. The highest BCUT2D eigenvalue weighted by atomic mass is 15.2. The van der Waals surface area contributed by atoms with Crippen molar-refractivity contribution >= 4 is 17.1 Å². The van der Waals surface area contributed by atoms with Gasteiger partial charge < -0.3 is 4.90 Å². The summed E-state index contributed by atoms with van der Waals surface area (Å²) in [6.07, 6.45) is 8.03. The molecule has 0 unspecified atom stereocenters. The van der Waals surface area contributed by atoms with Crippen molar-refractivity contribution in [1.29, 1.82) is 0 Å². The van der Waals surface area contributed by atoms with Crippen molar-refractivity contribution in [3.63, 3.8) is 0 Å². The van der Waals surface area contributed by atoms with Crippen LogP contribution in [-0.4, -0.2) is 4.98 Å². The SMILES string of the molecule is c1ccc2c(c1)Cc1cc3c(cc1-2)Cc1c2c(cc4c1N3c1cnccc1C4)-c1ccccc1C2. The molecule has 9 rings (SSSR count). The molecule has 1 aromatic heterocycles. The van der Waals surface area contributed by atoms with Crippen LogP contribution in [-0.2, 0) is 25.7 Å². The van der Waals surface area contributed by atoms with Gasteiger partial charge in [0.05, 0.1) is 23.3 Å². The van der Waals surface area contributed by atoms with Gasteiger partial charge in [-0.15, -0.1) is 0 Å². The summed E-state index contributed by atoms with van der Waals surface area (Å²) < 4.78 is 0. The van der Waals surface area contributed by atoms with E-state index >= 15 is 0 Å². The van der Waals surface area contributed by atoms with Crippen LogP contribution in [0.3, 0.4) is 0 Å². The molecule has 3 heterocycles. The highest BCUT2D eigenvalue weighted by Crippen LogP contribution is 2.55. The number of anilines is 3. The van der Waals surface area contributed by atoms with Crippen molar-refractivity contribution in [2.45, 2.75) is 25.7 Å². The number of aromatic nitrogens is 1. The van der Waals surface area contributed by atoms with Crippen LogP contribution in [0, 0.1) is 0 Å². The standard InChI is InChI=1S/C33H22N2/c1-3-7-25-19(5-1)11-22-17-31-23(14-27(22)25)15-30-29-13-20-6-2-4-8-26(20)28(29)16-24-12-21-9-10-34-18-32(21)35(31)33(24)30/h1-10,14,16-18H,11-13,15H2. The van der Waals surface area contributed by atoms with Crippen LogP contribution < -0.4 is 4.90 Å². The molecule has 0 fully saturated rings. The summed E-state index contributed by atoms with van der Waals surface area (Å²) in [7, 11) is 0. The van der Waals surface area contributed by atoms with Gasteiger partial charge in [0.25, 0.3) is 0 Å². The van der Waals surface area contributed by atoms with Gasteiger partial charge >= 0.3 is 0 Å². The van der Waals surface area contributed by atoms with E-state index in [0.29, 0.717) is 0 Å². The van der Waals surface area contributed by atoms with Gasteiger partial charge in [-0.05, 0) is 104 Å². The van der Waals surface area contributed by atoms with Gasteiger partial charge in [-0.3, -0.25) is 4.98 Å². The van der Waals surface area contributed by atoms with E-state index in [9.17, 15) is 0 Å². The Bertz CT molecular complexity index is 1760. The van der Waals surface area contributed by atoms with Gasteiger partial charge in [0.2, 0.25) is 0 Å². The number of nitrogens with zero attached hydrogens (tertiary/aromatic N) is 2. The van der Waals surface area contributed by atoms with Crippen LogP contribution in [0.1, 0.15) is 44.5 Å². The Hall–Kier alpha value is -4.17. The van der Waals surface area contributed by atoms with Crippen molar-refractivity contribution in [3.8, 4) is 22.3 Å². The lowest BCUT2D eigenvalue weighted by Gasteiger charge is -2.40. The maximum absolute atomic E-state index is 4.56. The molecule has 4 aliphatic rings. The molecule has 5 aromatic rings. The molecule has 2 aliphatic heterocycles. The van der Waals surface area contributed by atoms with Crippen molar-refractivity contribution in [2.75, 3.05) is 4.90 Å². The fraction of sp³-hybridized carbons (Fsp3) is 0.121. The summed E-state index contributed by atoms with van der Waals surface area (Å²) in [6, 6.07) is 27.5. The third-order valence-electron chi connectivity index (χ3n) is 8.61. The maximum Gasteiger partial charge on any atom is 0.0680 e. The molecule has 0 spiro atoms. The molecule has 2 aliphatic carbocycles. The molecule has 35 heavy (non-hydrogen) atoms. The Kier molecular flexibility index (Phi) is 3.27. The third kappa shape index (κ3) is 2.27. The molecule has 164 valence electrons. The average Bonchev–Trinajstić information content (AvgIpc) is 3.45. The zero-order valence-electron chi connectivity index (χ0n) is 19.3. The van der Waals surface area contributed by atoms with Gasteiger partial charge in [0, 0.05) is 19.0 Å². The van der Waals surface area contributed by atoms with Gasteiger partial charge in [-0.1, -0.05) is 48.5 Å². The molecule has 0 saturated carbocycles. The van der Waals surface area contributed by atoms with E-state index < -0.39 is 0 Å². The lowest BCUT2D eigenvalue weighted by atomic mass is 9.82. The average molecular weight is 447 g/mol. The Balaban J connectivity index is 1.34. The van der Waals surface area contributed by atoms with E-state index in [1.54, 1.807) is 0 Å². The Morgan fingerprint density at radius 3 is 2.11 bits per heavy atom. The largest absolute Gasteiger partial charge is 0.308 e. The highest BCUT2D eigenvalue weighted by molar-refractivity contribution is 5.95. The topological polar surface area (TPSA) is 16.1 Å². The normalized spacial score (nSPS) is 14.9. The molecule has 0 atom stereocenters.